The molecule has 1 aromatic heterocycles. The van der Waals surface area contributed by atoms with E-state index in [-0.39, 0.29) is 11.9 Å². The van der Waals surface area contributed by atoms with Gasteiger partial charge < -0.3 is 9.30 Å². The normalized spacial score (nSPS) is 14.1. The highest BCUT2D eigenvalue weighted by Crippen LogP contribution is 2.23. The Morgan fingerprint density at radius 3 is 2.61 bits per heavy atom. The van der Waals surface area contributed by atoms with Crippen molar-refractivity contribution in [3.8, 4) is 0 Å². The van der Waals surface area contributed by atoms with Crippen LogP contribution >= 0.6 is 11.3 Å². The molecule has 1 aliphatic rings. The fourth-order valence-corrected chi connectivity index (χ4v) is 4.66. The molecule has 0 fully saturated rings. The highest BCUT2D eigenvalue weighted by atomic mass is 32.1. The molecule has 0 unspecified atom stereocenters. The van der Waals surface area contributed by atoms with Gasteiger partial charge in [-0.2, -0.15) is 4.99 Å². The van der Waals surface area contributed by atoms with Crippen molar-refractivity contribution in [2.45, 2.75) is 32.6 Å². The number of aryl methyl sites for hydroxylation is 3. The standard InChI is InChI=1S/C22H22N2O3S/c1-3-27-21(26)17-10-11-18-19(13-17)28-22(24(18)2)23-20(25)16-9-8-14-6-4-5-7-15(14)12-16/h8-13H,3-7H2,1-2H3. The molecule has 28 heavy (non-hydrogen) atoms. The first-order chi connectivity index (χ1) is 13.6. The zero-order valence-electron chi connectivity index (χ0n) is 16.0. The molecule has 0 N–H and O–H groups in total. The Morgan fingerprint density at radius 2 is 1.82 bits per heavy atom. The third kappa shape index (κ3) is 3.52. The van der Waals surface area contributed by atoms with Crippen molar-refractivity contribution >= 4 is 33.4 Å². The largest absolute Gasteiger partial charge is 0.462 e. The molecule has 5 nitrogen and oxygen atoms in total. The summed E-state index contributed by atoms with van der Waals surface area (Å²) in [6.07, 6.45) is 4.52. The monoisotopic (exact) mass is 394 g/mol. The Morgan fingerprint density at radius 1 is 1.07 bits per heavy atom. The first-order valence-electron chi connectivity index (χ1n) is 9.54. The van der Waals surface area contributed by atoms with Crippen LogP contribution in [0.3, 0.4) is 0 Å². The van der Waals surface area contributed by atoms with Crippen molar-refractivity contribution in [1.29, 1.82) is 0 Å². The molecule has 144 valence electrons. The highest BCUT2D eigenvalue weighted by Gasteiger charge is 2.14. The molecule has 2 aromatic carbocycles. The number of rotatable bonds is 3. The molecule has 1 amide bonds. The minimum Gasteiger partial charge on any atom is -0.462 e. The molecule has 3 aromatic rings. The molecule has 0 saturated heterocycles. The van der Waals surface area contributed by atoms with E-state index in [0.29, 0.717) is 22.5 Å². The van der Waals surface area contributed by atoms with Crippen LogP contribution in [0.1, 0.15) is 51.6 Å². The Balaban J connectivity index is 1.69. The third-order valence-corrected chi connectivity index (χ3v) is 6.21. The second-order valence-electron chi connectivity index (χ2n) is 6.95. The SMILES string of the molecule is CCOC(=O)c1ccc2c(c1)sc(=NC(=O)c1ccc3c(c1)CCCC3)n2C. The van der Waals surface area contributed by atoms with Gasteiger partial charge in [0.25, 0.3) is 5.91 Å². The summed E-state index contributed by atoms with van der Waals surface area (Å²) in [6, 6.07) is 11.3. The molecule has 1 heterocycles. The highest BCUT2D eigenvalue weighted by molar-refractivity contribution is 7.16. The van der Waals surface area contributed by atoms with Crippen LogP contribution in [0.25, 0.3) is 10.2 Å². The fourth-order valence-electron chi connectivity index (χ4n) is 3.60. The van der Waals surface area contributed by atoms with Crippen LogP contribution in [0.2, 0.25) is 0 Å². The van der Waals surface area contributed by atoms with Crippen molar-refractivity contribution in [2.75, 3.05) is 6.61 Å². The maximum Gasteiger partial charge on any atom is 0.338 e. The lowest BCUT2D eigenvalue weighted by molar-refractivity contribution is 0.0526. The van der Waals surface area contributed by atoms with Crippen LogP contribution in [0.5, 0.6) is 0 Å². The van der Waals surface area contributed by atoms with Crippen molar-refractivity contribution in [2.24, 2.45) is 12.0 Å². The van der Waals surface area contributed by atoms with E-state index in [0.717, 1.165) is 23.1 Å². The van der Waals surface area contributed by atoms with E-state index in [1.165, 1.54) is 35.3 Å². The Bertz CT molecular complexity index is 1140. The van der Waals surface area contributed by atoms with Gasteiger partial charge >= 0.3 is 5.97 Å². The number of aromatic nitrogens is 1. The summed E-state index contributed by atoms with van der Waals surface area (Å²) in [4.78, 5) is 29.7. The average molecular weight is 394 g/mol. The Labute approximate surface area is 167 Å². The van der Waals surface area contributed by atoms with Crippen LogP contribution < -0.4 is 4.80 Å². The fraction of sp³-hybridized carbons (Fsp3) is 0.318. The maximum absolute atomic E-state index is 12.7. The van der Waals surface area contributed by atoms with Crippen LogP contribution in [0.4, 0.5) is 0 Å². The van der Waals surface area contributed by atoms with Gasteiger partial charge in [0.1, 0.15) is 0 Å². The zero-order valence-corrected chi connectivity index (χ0v) is 16.8. The number of ether oxygens (including phenoxy) is 1. The van der Waals surface area contributed by atoms with E-state index < -0.39 is 0 Å². The van der Waals surface area contributed by atoms with E-state index in [1.54, 1.807) is 19.1 Å². The van der Waals surface area contributed by atoms with Crippen molar-refractivity contribution in [1.82, 2.24) is 4.57 Å². The van der Waals surface area contributed by atoms with E-state index in [9.17, 15) is 9.59 Å². The summed E-state index contributed by atoms with van der Waals surface area (Å²) in [6.45, 7) is 2.12. The second-order valence-corrected chi connectivity index (χ2v) is 7.96. The first-order valence-corrected chi connectivity index (χ1v) is 10.4. The molecule has 0 radical (unpaired) electrons. The van der Waals surface area contributed by atoms with Crippen molar-refractivity contribution < 1.29 is 14.3 Å². The Hall–Kier alpha value is -2.73. The maximum atomic E-state index is 12.7. The number of hydrogen-bond donors (Lipinski definition) is 0. The molecular formula is C22H22N2O3S. The van der Waals surface area contributed by atoms with Crippen LogP contribution in [0.15, 0.2) is 41.4 Å². The molecule has 6 heteroatoms. The number of hydrogen-bond acceptors (Lipinski definition) is 4. The van der Waals surface area contributed by atoms with Crippen molar-refractivity contribution in [3.05, 3.63) is 63.5 Å². The lowest BCUT2D eigenvalue weighted by Crippen LogP contribution is -2.14. The lowest BCUT2D eigenvalue weighted by atomic mass is 9.90. The van der Waals surface area contributed by atoms with Crippen molar-refractivity contribution in [3.63, 3.8) is 0 Å². The second kappa shape index (κ2) is 7.72. The number of thiazole rings is 1. The van der Waals surface area contributed by atoms with E-state index in [4.69, 9.17) is 4.74 Å². The first kappa shape index (κ1) is 18.6. The molecule has 1 aliphatic carbocycles. The lowest BCUT2D eigenvalue weighted by Gasteiger charge is -2.15. The minimum atomic E-state index is -0.343. The quantitative estimate of drug-likeness (QED) is 0.630. The summed E-state index contributed by atoms with van der Waals surface area (Å²) in [5.41, 5.74) is 4.68. The summed E-state index contributed by atoms with van der Waals surface area (Å²) in [5, 5.41) is 0. The van der Waals surface area contributed by atoms with Gasteiger partial charge in [-0.3, -0.25) is 4.79 Å². The summed E-state index contributed by atoms with van der Waals surface area (Å²) < 4.78 is 7.84. The smallest absolute Gasteiger partial charge is 0.338 e. The number of carbonyl (C=O) groups is 2. The molecule has 0 spiro atoms. The number of fused-ring (bicyclic) bond motifs is 2. The van der Waals surface area contributed by atoms with Crippen LogP contribution in [-0.2, 0) is 24.6 Å². The van der Waals surface area contributed by atoms with E-state index >= 15 is 0 Å². The van der Waals surface area contributed by atoms with E-state index in [1.807, 2.05) is 29.8 Å². The van der Waals surface area contributed by atoms with Crippen LogP contribution in [-0.4, -0.2) is 23.1 Å². The average Bonchev–Trinajstić information content (AvgIpc) is 3.02. The number of nitrogens with zero attached hydrogens (tertiary/aromatic N) is 2. The van der Waals surface area contributed by atoms with E-state index in [2.05, 4.69) is 11.1 Å². The van der Waals surface area contributed by atoms with Gasteiger partial charge in [-0.15, -0.1) is 0 Å². The van der Waals surface area contributed by atoms with Gasteiger partial charge in [-0.25, -0.2) is 4.79 Å². The number of carbonyl (C=O) groups excluding carboxylic acids is 2. The molecular weight excluding hydrogens is 372 g/mol. The van der Waals surface area contributed by atoms with Gasteiger partial charge in [0, 0.05) is 12.6 Å². The predicted molar refractivity (Wildman–Crippen MR) is 110 cm³/mol. The predicted octanol–water partition coefficient (Wildman–Crippen LogP) is 4.04. The third-order valence-electron chi connectivity index (χ3n) is 5.11. The molecule has 0 aliphatic heterocycles. The van der Waals surface area contributed by atoms with Gasteiger partial charge in [0.15, 0.2) is 4.80 Å². The van der Waals surface area contributed by atoms with Crippen LogP contribution in [0, 0.1) is 0 Å². The molecule has 0 saturated carbocycles. The van der Waals surface area contributed by atoms with Gasteiger partial charge in [-0.05, 0) is 74.1 Å². The summed E-state index contributed by atoms with van der Waals surface area (Å²) in [5.74, 6) is -0.578. The van der Waals surface area contributed by atoms with Gasteiger partial charge in [0.2, 0.25) is 0 Å². The molecule has 0 bridgehead atoms. The zero-order chi connectivity index (χ0) is 19.7. The Kier molecular flexibility index (Phi) is 5.13. The number of amides is 1. The van der Waals surface area contributed by atoms with Gasteiger partial charge in [0.05, 0.1) is 22.4 Å². The summed E-state index contributed by atoms with van der Waals surface area (Å²) in [7, 11) is 1.88. The molecule has 4 rings (SSSR count). The number of esters is 1. The topological polar surface area (TPSA) is 60.7 Å². The summed E-state index contributed by atoms with van der Waals surface area (Å²) >= 11 is 1.39. The van der Waals surface area contributed by atoms with Gasteiger partial charge in [-0.1, -0.05) is 17.4 Å². The molecule has 0 atom stereocenters. The minimum absolute atomic E-state index is 0.235. The number of benzene rings is 2.